The zero-order valence-corrected chi connectivity index (χ0v) is 15.1. The van der Waals surface area contributed by atoms with Crippen molar-refractivity contribution in [2.45, 2.75) is 26.3 Å². The zero-order chi connectivity index (χ0) is 19.2. The monoisotopic (exact) mass is 365 g/mol. The van der Waals surface area contributed by atoms with Gasteiger partial charge in [0, 0.05) is 37.0 Å². The van der Waals surface area contributed by atoms with Gasteiger partial charge in [-0.1, -0.05) is 30.3 Å². The summed E-state index contributed by atoms with van der Waals surface area (Å²) in [5.74, 6) is -0.0609. The molecule has 27 heavy (non-hydrogen) atoms. The Labute approximate surface area is 157 Å². The van der Waals surface area contributed by atoms with Crippen LogP contribution in [0, 0.1) is 5.82 Å². The van der Waals surface area contributed by atoms with Gasteiger partial charge in [-0.25, -0.2) is 14.4 Å². The molecule has 0 aliphatic carbocycles. The summed E-state index contributed by atoms with van der Waals surface area (Å²) >= 11 is 0. The second-order valence-corrected chi connectivity index (χ2v) is 6.32. The topological polar surface area (TPSA) is 64.1 Å². The van der Waals surface area contributed by atoms with E-state index in [4.69, 9.17) is 4.74 Å². The van der Waals surface area contributed by atoms with Crippen molar-refractivity contribution in [2.75, 3.05) is 0 Å². The molecule has 1 N–H and O–H groups in total. The number of carbonyl (C=O) groups excluding carboxylic acids is 1. The third-order valence-electron chi connectivity index (χ3n) is 3.91. The fourth-order valence-corrected chi connectivity index (χ4v) is 2.74. The van der Waals surface area contributed by atoms with Crippen LogP contribution < -0.4 is 10.1 Å². The zero-order valence-electron chi connectivity index (χ0n) is 15.1. The lowest BCUT2D eigenvalue weighted by molar-refractivity contribution is -0.119. The van der Waals surface area contributed by atoms with Crippen LogP contribution in [0.3, 0.4) is 0 Å². The molecule has 1 amide bonds. The van der Waals surface area contributed by atoms with Crippen molar-refractivity contribution in [3.05, 3.63) is 72.3 Å². The predicted molar refractivity (Wildman–Crippen MR) is 101 cm³/mol. The first kappa shape index (κ1) is 18.5. The van der Waals surface area contributed by atoms with Gasteiger partial charge in [-0.2, -0.15) is 0 Å². The number of halogens is 1. The molecular weight excluding hydrogens is 345 g/mol. The van der Waals surface area contributed by atoms with Gasteiger partial charge in [0.25, 0.3) is 0 Å². The second kappa shape index (κ2) is 8.40. The van der Waals surface area contributed by atoms with Crippen LogP contribution in [-0.2, 0) is 11.2 Å². The van der Waals surface area contributed by atoms with Crippen molar-refractivity contribution < 1.29 is 13.9 Å². The molecule has 0 fully saturated rings. The molecule has 0 radical (unpaired) electrons. The maximum atomic E-state index is 13.2. The van der Waals surface area contributed by atoms with Crippen molar-refractivity contribution in [1.82, 2.24) is 15.3 Å². The van der Waals surface area contributed by atoms with E-state index in [2.05, 4.69) is 15.3 Å². The van der Waals surface area contributed by atoms with Gasteiger partial charge in [0.2, 0.25) is 5.91 Å². The molecular formula is C21H20FN3O2. The Bertz CT molecular complexity index is 911. The minimum absolute atomic E-state index is 0.0307. The van der Waals surface area contributed by atoms with E-state index in [1.54, 1.807) is 24.5 Å². The molecule has 3 rings (SSSR count). The normalized spacial score (nSPS) is 11.7. The summed E-state index contributed by atoms with van der Waals surface area (Å²) in [6, 6.07) is 14.1. The Morgan fingerprint density at radius 1 is 1.11 bits per heavy atom. The van der Waals surface area contributed by atoms with E-state index in [0.29, 0.717) is 5.75 Å². The van der Waals surface area contributed by atoms with E-state index in [9.17, 15) is 9.18 Å². The lowest BCUT2D eigenvalue weighted by atomic mass is 10.0. The standard InChI is InChI=1S/C21H20FN3O2/c1-14(25-15(2)26)10-16-6-8-17(9-7-16)18-12-23-21(24-13-18)27-20-5-3-4-19(22)11-20/h3-9,11-14H,10H2,1-2H3,(H,25,26). The Kier molecular flexibility index (Phi) is 5.76. The van der Waals surface area contributed by atoms with Gasteiger partial charge in [-0.15, -0.1) is 0 Å². The molecule has 0 aliphatic heterocycles. The van der Waals surface area contributed by atoms with Gasteiger partial charge < -0.3 is 10.1 Å². The summed E-state index contributed by atoms with van der Waals surface area (Å²) in [6.45, 7) is 3.49. The molecule has 2 aromatic carbocycles. The number of hydrogen-bond donors (Lipinski definition) is 1. The summed E-state index contributed by atoms with van der Waals surface area (Å²) in [5, 5.41) is 2.87. The van der Waals surface area contributed by atoms with Gasteiger partial charge in [0.05, 0.1) is 0 Å². The first-order valence-electron chi connectivity index (χ1n) is 8.61. The largest absolute Gasteiger partial charge is 0.424 e. The fraction of sp³-hybridized carbons (Fsp3) is 0.190. The maximum Gasteiger partial charge on any atom is 0.321 e. The van der Waals surface area contributed by atoms with Crippen LogP contribution in [0.5, 0.6) is 11.8 Å². The number of rotatable bonds is 6. The predicted octanol–water partition coefficient (Wildman–Crippen LogP) is 4.14. The highest BCUT2D eigenvalue weighted by Gasteiger charge is 2.07. The highest BCUT2D eigenvalue weighted by Crippen LogP contribution is 2.22. The van der Waals surface area contributed by atoms with E-state index >= 15 is 0 Å². The van der Waals surface area contributed by atoms with Gasteiger partial charge in [-0.3, -0.25) is 4.79 Å². The van der Waals surface area contributed by atoms with E-state index in [-0.39, 0.29) is 23.8 Å². The maximum absolute atomic E-state index is 13.2. The number of amides is 1. The number of benzene rings is 2. The molecule has 1 aromatic heterocycles. The van der Waals surface area contributed by atoms with Crippen LogP contribution in [0.1, 0.15) is 19.4 Å². The fourth-order valence-electron chi connectivity index (χ4n) is 2.74. The van der Waals surface area contributed by atoms with Crippen molar-refractivity contribution in [3.8, 4) is 22.9 Å². The molecule has 5 nitrogen and oxygen atoms in total. The van der Waals surface area contributed by atoms with Crippen LogP contribution in [-0.4, -0.2) is 21.9 Å². The van der Waals surface area contributed by atoms with Gasteiger partial charge in [0.1, 0.15) is 11.6 Å². The van der Waals surface area contributed by atoms with E-state index in [1.165, 1.54) is 19.1 Å². The van der Waals surface area contributed by atoms with Crippen LogP contribution in [0.15, 0.2) is 60.9 Å². The quantitative estimate of drug-likeness (QED) is 0.713. The van der Waals surface area contributed by atoms with Crippen molar-refractivity contribution in [2.24, 2.45) is 0 Å². The van der Waals surface area contributed by atoms with E-state index in [0.717, 1.165) is 23.1 Å². The molecule has 0 saturated heterocycles. The molecule has 3 aromatic rings. The molecule has 138 valence electrons. The van der Waals surface area contributed by atoms with Crippen molar-refractivity contribution in [3.63, 3.8) is 0 Å². The van der Waals surface area contributed by atoms with E-state index < -0.39 is 0 Å². The number of nitrogens with one attached hydrogen (secondary N) is 1. The summed E-state index contributed by atoms with van der Waals surface area (Å²) in [6.07, 6.45) is 4.09. The molecule has 0 aliphatic rings. The minimum Gasteiger partial charge on any atom is -0.424 e. The van der Waals surface area contributed by atoms with Gasteiger partial charge >= 0.3 is 6.01 Å². The lowest BCUT2D eigenvalue weighted by Crippen LogP contribution is -2.31. The van der Waals surface area contributed by atoms with Gasteiger partial charge in [-0.05, 0) is 36.6 Å². The molecule has 0 saturated carbocycles. The second-order valence-electron chi connectivity index (χ2n) is 6.32. The summed E-state index contributed by atoms with van der Waals surface area (Å²) in [4.78, 5) is 19.4. The molecule has 1 heterocycles. The minimum atomic E-state index is -0.378. The summed E-state index contributed by atoms with van der Waals surface area (Å²) in [5.41, 5.74) is 2.96. The average molecular weight is 365 g/mol. The molecule has 0 spiro atoms. The Morgan fingerprint density at radius 2 is 1.81 bits per heavy atom. The molecule has 1 atom stereocenters. The molecule has 0 bridgehead atoms. The first-order valence-corrected chi connectivity index (χ1v) is 8.61. The number of aromatic nitrogens is 2. The highest BCUT2D eigenvalue weighted by molar-refractivity contribution is 5.73. The van der Waals surface area contributed by atoms with Crippen LogP contribution in [0.4, 0.5) is 4.39 Å². The van der Waals surface area contributed by atoms with Gasteiger partial charge in [0.15, 0.2) is 0 Å². The van der Waals surface area contributed by atoms with Crippen molar-refractivity contribution >= 4 is 5.91 Å². The summed E-state index contributed by atoms with van der Waals surface area (Å²) < 4.78 is 18.6. The smallest absolute Gasteiger partial charge is 0.321 e. The Hall–Kier alpha value is -3.28. The Balaban J connectivity index is 1.65. The van der Waals surface area contributed by atoms with E-state index in [1.807, 2.05) is 31.2 Å². The number of ether oxygens (including phenoxy) is 1. The number of hydrogen-bond acceptors (Lipinski definition) is 4. The van der Waals surface area contributed by atoms with Crippen LogP contribution in [0.25, 0.3) is 11.1 Å². The molecule has 1 unspecified atom stereocenters. The SMILES string of the molecule is CC(=O)NC(C)Cc1ccc(-c2cnc(Oc3cccc(F)c3)nc2)cc1. The lowest BCUT2D eigenvalue weighted by Gasteiger charge is -2.12. The number of nitrogens with zero attached hydrogens (tertiary/aromatic N) is 2. The Morgan fingerprint density at radius 3 is 2.44 bits per heavy atom. The highest BCUT2D eigenvalue weighted by atomic mass is 19.1. The first-order chi connectivity index (χ1) is 13.0. The molecule has 6 heteroatoms. The third kappa shape index (κ3) is 5.34. The third-order valence-corrected chi connectivity index (χ3v) is 3.91. The van der Waals surface area contributed by atoms with Crippen LogP contribution in [0.2, 0.25) is 0 Å². The summed E-state index contributed by atoms with van der Waals surface area (Å²) in [7, 11) is 0. The van der Waals surface area contributed by atoms with Crippen LogP contribution >= 0.6 is 0 Å². The number of carbonyl (C=O) groups is 1. The average Bonchev–Trinajstić information content (AvgIpc) is 2.62. The van der Waals surface area contributed by atoms with Crippen molar-refractivity contribution in [1.29, 1.82) is 0 Å².